The van der Waals surface area contributed by atoms with E-state index in [-0.39, 0.29) is 11.7 Å². The van der Waals surface area contributed by atoms with Gasteiger partial charge in [-0.3, -0.25) is 4.57 Å². The standard InChI is InChI=1S/C27H30N2O2/c1-18(2)30-22-11-7-20(8-12-22)24-16-26-25(15-19(24)3)28-17-29(26)21-9-13-23(14-10-21)31-27(4,5)6/h7-18H,1-6H3. The van der Waals surface area contributed by atoms with E-state index in [1.54, 1.807) is 0 Å². The number of rotatable bonds is 5. The molecule has 4 rings (SSSR count). The monoisotopic (exact) mass is 414 g/mol. The van der Waals surface area contributed by atoms with Gasteiger partial charge in [-0.2, -0.15) is 0 Å². The highest BCUT2D eigenvalue weighted by Crippen LogP contribution is 2.31. The molecule has 0 amide bonds. The van der Waals surface area contributed by atoms with Crippen molar-refractivity contribution in [2.45, 2.75) is 53.2 Å². The lowest BCUT2D eigenvalue weighted by Crippen LogP contribution is -2.22. The molecule has 0 aliphatic carbocycles. The number of imidazole rings is 1. The smallest absolute Gasteiger partial charge is 0.120 e. The summed E-state index contributed by atoms with van der Waals surface area (Å²) in [4.78, 5) is 4.63. The first kappa shape index (κ1) is 21.0. The minimum absolute atomic E-state index is 0.165. The summed E-state index contributed by atoms with van der Waals surface area (Å²) in [7, 11) is 0. The SMILES string of the molecule is Cc1cc2ncn(-c3ccc(OC(C)(C)C)cc3)c2cc1-c1ccc(OC(C)C)cc1. The first-order valence-electron chi connectivity index (χ1n) is 10.7. The largest absolute Gasteiger partial charge is 0.491 e. The maximum Gasteiger partial charge on any atom is 0.120 e. The fraction of sp³-hybridized carbons (Fsp3) is 0.296. The Balaban J connectivity index is 1.69. The number of fused-ring (bicyclic) bond motifs is 1. The van der Waals surface area contributed by atoms with Crippen LogP contribution in [-0.2, 0) is 0 Å². The third-order valence-corrected chi connectivity index (χ3v) is 4.97. The summed E-state index contributed by atoms with van der Waals surface area (Å²) in [6, 6.07) is 20.8. The highest BCUT2D eigenvalue weighted by molar-refractivity contribution is 5.85. The van der Waals surface area contributed by atoms with Crippen molar-refractivity contribution in [1.82, 2.24) is 9.55 Å². The van der Waals surface area contributed by atoms with Gasteiger partial charge in [-0.1, -0.05) is 12.1 Å². The number of aryl methyl sites for hydroxylation is 1. The Morgan fingerprint density at radius 3 is 2.13 bits per heavy atom. The van der Waals surface area contributed by atoms with E-state index in [4.69, 9.17) is 9.47 Å². The highest BCUT2D eigenvalue weighted by Gasteiger charge is 2.13. The van der Waals surface area contributed by atoms with Gasteiger partial charge in [-0.25, -0.2) is 4.98 Å². The minimum Gasteiger partial charge on any atom is -0.491 e. The van der Waals surface area contributed by atoms with Gasteiger partial charge in [-0.05, 0) is 107 Å². The van der Waals surface area contributed by atoms with Crippen molar-refractivity contribution >= 4 is 11.0 Å². The molecule has 4 nitrogen and oxygen atoms in total. The van der Waals surface area contributed by atoms with Crippen molar-refractivity contribution < 1.29 is 9.47 Å². The molecule has 0 N–H and O–H groups in total. The van der Waals surface area contributed by atoms with Crippen LogP contribution in [0.5, 0.6) is 11.5 Å². The van der Waals surface area contributed by atoms with Gasteiger partial charge in [-0.15, -0.1) is 0 Å². The van der Waals surface area contributed by atoms with Crippen molar-refractivity contribution in [2.24, 2.45) is 0 Å². The number of benzene rings is 3. The van der Waals surface area contributed by atoms with Crippen LogP contribution in [0, 0.1) is 6.92 Å². The molecule has 4 aromatic rings. The van der Waals surface area contributed by atoms with Crippen LogP contribution in [-0.4, -0.2) is 21.3 Å². The number of nitrogens with zero attached hydrogens (tertiary/aromatic N) is 2. The van der Waals surface area contributed by atoms with Crippen molar-refractivity contribution in [3.63, 3.8) is 0 Å². The fourth-order valence-corrected chi connectivity index (χ4v) is 3.69. The van der Waals surface area contributed by atoms with Crippen molar-refractivity contribution in [3.05, 3.63) is 72.6 Å². The van der Waals surface area contributed by atoms with Gasteiger partial charge < -0.3 is 9.47 Å². The topological polar surface area (TPSA) is 36.3 Å². The minimum atomic E-state index is -0.217. The molecule has 160 valence electrons. The van der Waals surface area contributed by atoms with Crippen molar-refractivity contribution in [3.8, 4) is 28.3 Å². The van der Waals surface area contributed by atoms with Gasteiger partial charge in [0.1, 0.15) is 23.4 Å². The van der Waals surface area contributed by atoms with Gasteiger partial charge in [0, 0.05) is 5.69 Å². The first-order chi connectivity index (χ1) is 14.7. The van der Waals surface area contributed by atoms with E-state index in [9.17, 15) is 0 Å². The molecule has 1 heterocycles. The highest BCUT2D eigenvalue weighted by atomic mass is 16.5. The van der Waals surface area contributed by atoms with Crippen LogP contribution in [0.4, 0.5) is 0 Å². The van der Waals surface area contributed by atoms with Gasteiger partial charge in [0.2, 0.25) is 0 Å². The number of ether oxygens (including phenoxy) is 2. The summed E-state index contributed by atoms with van der Waals surface area (Å²) < 4.78 is 13.9. The van der Waals surface area contributed by atoms with Gasteiger partial charge in [0.15, 0.2) is 0 Å². The van der Waals surface area contributed by atoms with Crippen LogP contribution in [0.1, 0.15) is 40.2 Å². The van der Waals surface area contributed by atoms with Crippen LogP contribution >= 0.6 is 0 Å². The average Bonchev–Trinajstić information content (AvgIpc) is 3.09. The quantitative estimate of drug-likeness (QED) is 0.354. The molecule has 31 heavy (non-hydrogen) atoms. The van der Waals surface area contributed by atoms with Crippen LogP contribution in [0.25, 0.3) is 27.8 Å². The van der Waals surface area contributed by atoms with Crippen LogP contribution < -0.4 is 9.47 Å². The van der Waals surface area contributed by atoms with Crippen LogP contribution in [0.15, 0.2) is 67.0 Å². The summed E-state index contributed by atoms with van der Waals surface area (Å²) in [5.74, 6) is 1.75. The number of aromatic nitrogens is 2. The molecule has 0 atom stereocenters. The van der Waals surface area contributed by atoms with Crippen LogP contribution in [0.3, 0.4) is 0 Å². The Bertz CT molecular complexity index is 1180. The van der Waals surface area contributed by atoms with E-state index in [1.807, 2.05) is 44.4 Å². The Kier molecular flexibility index (Phi) is 5.48. The second-order valence-electron chi connectivity index (χ2n) is 9.17. The molecule has 1 aromatic heterocycles. The molecular weight excluding hydrogens is 384 g/mol. The predicted molar refractivity (Wildman–Crippen MR) is 127 cm³/mol. The lowest BCUT2D eigenvalue weighted by Gasteiger charge is -2.21. The number of hydrogen-bond acceptors (Lipinski definition) is 3. The summed E-state index contributed by atoms with van der Waals surface area (Å²) in [6.45, 7) is 12.4. The molecule has 0 fully saturated rings. The molecule has 0 bridgehead atoms. The molecule has 0 unspecified atom stereocenters. The van der Waals surface area contributed by atoms with Crippen molar-refractivity contribution in [1.29, 1.82) is 0 Å². The van der Waals surface area contributed by atoms with Gasteiger partial charge >= 0.3 is 0 Å². The molecule has 4 heteroatoms. The second kappa shape index (κ2) is 8.10. The van der Waals surface area contributed by atoms with E-state index >= 15 is 0 Å². The molecule has 3 aromatic carbocycles. The Hall–Kier alpha value is -3.27. The second-order valence-corrected chi connectivity index (χ2v) is 9.17. The predicted octanol–water partition coefficient (Wildman–Crippen LogP) is 6.97. The maximum atomic E-state index is 5.95. The molecule has 0 saturated heterocycles. The third-order valence-electron chi connectivity index (χ3n) is 4.97. The molecular formula is C27H30N2O2. The van der Waals surface area contributed by atoms with E-state index in [1.165, 1.54) is 11.1 Å². The van der Waals surface area contributed by atoms with E-state index in [2.05, 4.69) is 73.6 Å². The summed E-state index contributed by atoms with van der Waals surface area (Å²) >= 11 is 0. The van der Waals surface area contributed by atoms with E-state index in [0.29, 0.717) is 0 Å². The summed E-state index contributed by atoms with van der Waals surface area (Å²) in [6.07, 6.45) is 2.05. The fourth-order valence-electron chi connectivity index (χ4n) is 3.69. The lowest BCUT2D eigenvalue weighted by atomic mass is 9.99. The van der Waals surface area contributed by atoms with Gasteiger partial charge in [0.05, 0.1) is 17.1 Å². The van der Waals surface area contributed by atoms with Gasteiger partial charge in [0.25, 0.3) is 0 Å². The zero-order valence-electron chi connectivity index (χ0n) is 19.1. The zero-order chi connectivity index (χ0) is 22.2. The Labute approximate surface area is 184 Å². The zero-order valence-corrected chi connectivity index (χ0v) is 19.1. The summed E-state index contributed by atoms with van der Waals surface area (Å²) in [5, 5.41) is 0. The Morgan fingerprint density at radius 2 is 1.52 bits per heavy atom. The van der Waals surface area contributed by atoms with Crippen molar-refractivity contribution in [2.75, 3.05) is 0 Å². The molecule has 0 spiro atoms. The molecule has 0 radical (unpaired) electrons. The van der Waals surface area contributed by atoms with E-state index in [0.717, 1.165) is 33.8 Å². The van der Waals surface area contributed by atoms with E-state index < -0.39 is 0 Å². The molecule has 0 aliphatic rings. The maximum absolute atomic E-state index is 5.95. The summed E-state index contributed by atoms with van der Waals surface area (Å²) in [5.41, 5.74) is 6.45. The molecule has 0 saturated carbocycles. The van der Waals surface area contributed by atoms with Crippen LogP contribution in [0.2, 0.25) is 0 Å². The normalized spacial score (nSPS) is 11.8. The number of hydrogen-bond donors (Lipinski definition) is 0. The molecule has 0 aliphatic heterocycles. The lowest BCUT2D eigenvalue weighted by molar-refractivity contribution is 0.131. The third kappa shape index (κ3) is 4.74. The average molecular weight is 415 g/mol. The first-order valence-corrected chi connectivity index (χ1v) is 10.7. The Morgan fingerprint density at radius 1 is 0.871 bits per heavy atom.